The molecule has 0 atom stereocenters. The first-order chi connectivity index (χ1) is 13.0. The zero-order chi connectivity index (χ0) is 19.8. The van der Waals surface area contributed by atoms with E-state index in [1.54, 1.807) is 39.7 Å². The number of nitrogens with zero attached hydrogens (tertiary/aromatic N) is 2. The SMILES string of the molecule is CN=C(NCc1cc(OC)c(OC)c(OC)c1)NCc1nc(C(C)C)cs1.I. The van der Waals surface area contributed by atoms with Crippen molar-refractivity contribution in [2.24, 2.45) is 4.99 Å². The number of hydrogen-bond acceptors (Lipinski definition) is 6. The van der Waals surface area contributed by atoms with Crippen molar-refractivity contribution in [3.63, 3.8) is 0 Å². The van der Waals surface area contributed by atoms with E-state index in [4.69, 9.17) is 14.2 Å². The molecule has 1 aromatic carbocycles. The van der Waals surface area contributed by atoms with Crippen molar-refractivity contribution in [1.29, 1.82) is 0 Å². The van der Waals surface area contributed by atoms with Gasteiger partial charge < -0.3 is 24.8 Å². The molecule has 2 N–H and O–H groups in total. The minimum atomic E-state index is 0. The predicted octanol–water partition coefficient (Wildman–Crippen LogP) is 3.78. The van der Waals surface area contributed by atoms with Gasteiger partial charge in [-0.25, -0.2) is 4.98 Å². The number of rotatable bonds is 8. The van der Waals surface area contributed by atoms with Gasteiger partial charge >= 0.3 is 0 Å². The highest BCUT2D eigenvalue weighted by molar-refractivity contribution is 14.0. The van der Waals surface area contributed by atoms with Crippen LogP contribution in [0.1, 0.15) is 36.0 Å². The molecule has 7 nitrogen and oxygen atoms in total. The number of guanidine groups is 1. The van der Waals surface area contributed by atoms with E-state index in [0.29, 0.717) is 42.2 Å². The average Bonchev–Trinajstić information content (AvgIpc) is 3.16. The summed E-state index contributed by atoms with van der Waals surface area (Å²) >= 11 is 1.66. The molecule has 0 amide bonds. The number of methoxy groups -OCH3 is 3. The van der Waals surface area contributed by atoms with Gasteiger partial charge in [-0.2, -0.15) is 0 Å². The quantitative estimate of drug-likeness (QED) is 0.314. The molecule has 0 bridgehead atoms. The number of thiazole rings is 1. The summed E-state index contributed by atoms with van der Waals surface area (Å²) in [6.07, 6.45) is 0. The normalized spacial score (nSPS) is 11.0. The zero-order valence-electron chi connectivity index (χ0n) is 17.2. The van der Waals surface area contributed by atoms with Crippen molar-refractivity contribution in [3.05, 3.63) is 33.8 Å². The van der Waals surface area contributed by atoms with E-state index in [0.717, 1.165) is 16.3 Å². The summed E-state index contributed by atoms with van der Waals surface area (Å²) in [5.41, 5.74) is 2.11. The third-order valence-corrected chi connectivity index (χ3v) is 4.84. The maximum absolute atomic E-state index is 5.39. The molecule has 0 saturated carbocycles. The van der Waals surface area contributed by atoms with Gasteiger partial charge in [0.05, 0.1) is 33.6 Å². The van der Waals surface area contributed by atoms with Crippen LogP contribution >= 0.6 is 35.3 Å². The number of aliphatic imine (C=N–C) groups is 1. The van der Waals surface area contributed by atoms with Crippen LogP contribution in [0.3, 0.4) is 0 Å². The van der Waals surface area contributed by atoms with Crippen molar-refractivity contribution < 1.29 is 14.2 Å². The Morgan fingerprint density at radius 3 is 2.14 bits per heavy atom. The van der Waals surface area contributed by atoms with Gasteiger partial charge in [0.2, 0.25) is 5.75 Å². The van der Waals surface area contributed by atoms with Crippen LogP contribution in [0.15, 0.2) is 22.5 Å². The molecule has 0 aliphatic rings. The highest BCUT2D eigenvalue weighted by atomic mass is 127. The van der Waals surface area contributed by atoms with Gasteiger partial charge in [0.25, 0.3) is 0 Å². The van der Waals surface area contributed by atoms with Crippen LogP contribution in [0.4, 0.5) is 0 Å². The van der Waals surface area contributed by atoms with Gasteiger partial charge in [-0.05, 0) is 23.6 Å². The highest BCUT2D eigenvalue weighted by Gasteiger charge is 2.13. The van der Waals surface area contributed by atoms with Crippen LogP contribution in [-0.2, 0) is 13.1 Å². The molecule has 1 aromatic heterocycles. The second-order valence-corrected chi connectivity index (χ2v) is 7.08. The summed E-state index contributed by atoms with van der Waals surface area (Å²) in [5.74, 6) is 2.97. The minimum Gasteiger partial charge on any atom is -0.493 e. The molecule has 2 aromatic rings. The van der Waals surface area contributed by atoms with Gasteiger partial charge in [0, 0.05) is 19.0 Å². The third-order valence-electron chi connectivity index (χ3n) is 3.98. The largest absolute Gasteiger partial charge is 0.493 e. The molecule has 0 aliphatic heterocycles. The van der Waals surface area contributed by atoms with Crippen LogP contribution < -0.4 is 24.8 Å². The summed E-state index contributed by atoms with van der Waals surface area (Å²) in [5, 5.41) is 9.72. The fraction of sp³-hybridized carbons (Fsp3) is 0.474. The summed E-state index contributed by atoms with van der Waals surface area (Å²) in [6, 6.07) is 3.83. The molecule has 0 radical (unpaired) electrons. The molecule has 0 saturated heterocycles. The molecule has 0 unspecified atom stereocenters. The van der Waals surface area contributed by atoms with Gasteiger partial charge in [-0.15, -0.1) is 35.3 Å². The standard InChI is InChI=1S/C19H28N4O3S.HI/c1-12(2)14-11-27-17(23-14)10-22-19(20-3)21-9-13-7-15(24-4)18(26-6)16(8-13)25-5;/h7-8,11-12H,9-10H2,1-6H3,(H2,20,21,22);1H. The summed E-state index contributed by atoms with van der Waals surface area (Å²) in [7, 11) is 6.54. The number of aromatic nitrogens is 1. The minimum absolute atomic E-state index is 0. The topological polar surface area (TPSA) is 77.0 Å². The summed E-state index contributed by atoms with van der Waals surface area (Å²) < 4.78 is 16.1. The van der Waals surface area contributed by atoms with E-state index < -0.39 is 0 Å². The molecule has 0 aliphatic carbocycles. The number of benzene rings is 1. The van der Waals surface area contributed by atoms with E-state index in [2.05, 4.69) is 39.8 Å². The third kappa shape index (κ3) is 6.40. The molecule has 0 fully saturated rings. The second kappa shape index (κ2) is 11.9. The number of ether oxygens (including phenoxy) is 3. The maximum Gasteiger partial charge on any atom is 0.203 e. The fourth-order valence-corrected chi connectivity index (χ4v) is 3.37. The Labute approximate surface area is 187 Å². The molecular formula is C19H29IN4O3S. The van der Waals surface area contributed by atoms with E-state index in [9.17, 15) is 0 Å². The van der Waals surface area contributed by atoms with Crippen LogP contribution in [0, 0.1) is 0 Å². The number of halogens is 1. The van der Waals surface area contributed by atoms with Gasteiger partial charge in [0.1, 0.15) is 5.01 Å². The van der Waals surface area contributed by atoms with Crippen molar-refractivity contribution >= 4 is 41.3 Å². The molecule has 1 heterocycles. The Balaban J connectivity index is 0.00000392. The number of hydrogen-bond donors (Lipinski definition) is 2. The zero-order valence-corrected chi connectivity index (χ0v) is 20.3. The van der Waals surface area contributed by atoms with E-state index in [1.165, 1.54) is 0 Å². The van der Waals surface area contributed by atoms with Crippen molar-refractivity contribution in [1.82, 2.24) is 15.6 Å². The highest BCUT2D eigenvalue weighted by Crippen LogP contribution is 2.38. The second-order valence-electron chi connectivity index (χ2n) is 6.13. The Morgan fingerprint density at radius 1 is 1.07 bits per heavy atom. The molecule has 0 spiro atoms. The van der Waals surface area contributed by atoms with Crippen LogP contribution in [-0.4, -0.2) is 39.3 Å². The smallest absolute Gasteiger partial charge is 0.203 e. The molecular weight excluding hydrogens is 491 g/mol. The lowest BCUT2D eigenvalue weighted by molar-refractivity contribution is 0.323. The fourth-order valence-electron chi connectivity index (χ4n) is 2.47. The Hall–Kier alpha value is -1.75. The van der Waals surface area contributed by atoms with E-state index in [-0.39, 0.29) is 24.0 Å². The van der Waals surface area contributed by atoms with Crippen LogP contribution in [0.2, 0.25) is 0 Å². The Morgan fingerprint density at radius 2 is 1.68 bits per heavy atom. The van der Waals surface area contributed by atoms with Crippen LogP contribution in [0.5, 0.6) is 17.2 Å². The Kier molecular flexibility index (Phi) is 10.4. The maximum atomic E-state index is 5.39. The van der Waals surface area contributed by atoms with Crippen molar-refractivity contribution in [2.75, 3.05) is 28.4 Å². The molecule has 28 heavy (non-hydrogen) atoms. The first-order valence-electron chi connectivity index (χ1n) is 8.70. The van der Waals surface area contributed by atoms with Gasteiger partial charge in [0.15, 0.2) is 17.5 Å². The predicted molar refractivity (Wildman–Crippen MR) is 125 cm³/mol. The molecule has 9 heteroatoms. The van der Waals surface area contributed by atoms with Crippen molar-refractivity contribution in [3.8, 4) is 17.2 Å². The molecule has 156 valence electrons. The summed E-state index contributed by atoms with van der Waals surface area (Å²) in [4.78, 5) is 8.89. The average molecular weight is 520 g/mol. The summed E-state index contributed by atoms with van der Waals surface area (Å²) in [6.45, 7) is 5.48. The lowest BCUT2D eigenvalue weighted by Gasteiger charge is -2.15. The van der Waals surface area contributed by atoms with E-state index >= 15 is 0 Å². The first kappa shape index (κ1) is 24.3. The lowest BCUT2D eigenvalue weighted by atomic mass is 10.2. The lowest BCUT2D eigenvalue weighted by Crippen LogP contribution is -2.36. The Bertz CT molecular complexity index is 755. The number of nitrogens with one attached hydrogen (secondary N) is 2. The monoisotopic (exact) mass is 520 g/mol. The van der Waals surface area contributed by atoms with Gasteiger partial charge in [-0.3, -0.25) is 4.99 Å². The van der Waals surface area contributed by atoms with Gasteiger partial charge in [-0.1, -0.05) is 13.8 Å². The molecule has 2 rings (SSSR count). The van der Waals surface area contributed by atoms with Crippen molar-refractivity contribution in [2.45, 2.75) is 32.9 Å². The van der Waals surface area contributed by atoms with Crippen LogP contribution in [0.25, 0.3) is 0 Å². The van der Waals surface area contributed by atoms with E-state index in [1.807, 2.05) is 12.1 Å². The first-order valence-corrected chi connectivity index (χ1v) is 9.58.